The van der Waals surface area contributed by atoms with Gasteiger partial charge in [-0.25, -0.2) is 0 Å². The summed E-state index contributed by atoms with van der Waals surface area (Å²) in [5.41, 5.74) is 0.582. The van der Waals surface area contributed by atoms with Crippen molar-refractivity contribution in [2.45, 2.75) is 51.0 Å². The van der Waals surface area contributed by atoms with Crippen molar-refractivity contribution in [2.24, 2.45) is 0 Å². The average molecular weight is 296 g/mol. The molecule has 1 heterocycles. The molecule has 3 rings (SSSR count). The molecular weight excluding hydrogens is 272 g/mol. The fourth-order valence-electron chi connectivity index (χ4n) is 3.55. The van der Waals surface area contributed by atoms with E-state index in [0.717, 1.165) is 43.2 Å². The van der Waals surface area contributed by atoms with Gasteiger partial charge in [0, 0.05) is 18.6 Å². The largest absolute Gasteiger partial charge is 0.375 e. The van der Waals surface area contributed by atoms with Crippen LogP contribution in [0, 0.1) is 0 Å². The Bertz CT molecular complexity index is 648. The van der Waals surface area contributed by atoms with E-state index in [9.17, 15) is 4.79 Å². The normalized spacial score (nSPS) is 21.9. The number of hydrogen-bond acceptors (Lipinski definition) is 2. The fourth-order valence-corrected chi connectivity index (χ4v) is 3.55. The smallest absolute Gasteiger partial charge is 0.165 e. The van der Waals surface area contributed by atoms with Crippen LogP contribution in [0.3, 0.4) is 0 Å². The van der Waals surface area contributed by atoms with Crippen LogP contribution in [-0.2, 0) is 4.74 Å². The van der Waals surface area contributed by atoms with Crippen LogP contribution in [-0.4, -0.2) is 18.0 Å². The van der Waals surface area contributed by atoms with E-state index in [1.807, 2.05) is 30.3 Å². The van der Waals surface area contributed by atoms with Crippen molar-refractivity contribution in [3.8, 4) is 0 Å². The van der Waals surface area contributed by atoms with Gasteiger partial charge in [0.15, 0.2) is 5.78 Å². The van der Waals surface area contributed by atoms with Crippen molar-refractivity contribution < 1.29 is 9.53 Å². The van der Waals surface area contributed by atoms with Crippen LogP contribution < -0.4 is 0 Å². The Morgan fingerprint density at radius 3 is 2.68 bits per heavy atom. The van der Waals surface area contributed by atoms with E-state index in [1.54, 1.807) is 0 Å². The molecule has 0 radical (unpaired) electrons. The first-order valence-electron chi connectivity index (χ1n) is 8.38. The maximum atomic E-state index is 12.8. The van der Waals surface area contributed by atoms with E-state index in [0.29, 0.717) is 6.42 Å². The van der Waals surface area contributed by atoms with Crippen LogP contribution in [0.25, 0.3) is 10.8 Å². The highest BCUT2D eigenvalue weighted by molar-refractivity contribution is 6.00. The molecule has 0 amide bonds. The van der Waals surface area contributed by atoms with Gasteiger partial charge in [-0.1, -0.05) is 49.7 Å². The summed E-state index contributed by atoms with van der Waals surface area (Å²) in [7, 11) is 0. The third-order valence-electron chi connectivity index (χ3n) is 4.69. The average Bonchev–Trinajstić information content (AvgIpc) is 2.55. The molecule has 2 aromatic rings. The Labute approximate surface area is 132 Å². The zero-order valence-electron chi connectivity index (χ0n) is 13.3. The number of ketones is 1. The summed E-state index contributed by atoms with van der Waals surface area (Å²) in [5.74, 6) is 0.209. The molecule has 0 aromatic heterocycles. The zero-order chi connectivity index (χ0) is 15.4. The van der Waals surface area contributed by atoms with Crippen LogP contribution in [0.1, 0.15) is 55.8 Å². The number of benzene rings is 2. The van der Waals surface area contributed by atoms with Gasteiger partial charge < -0.3 is 4.74 Å². The van der Waals surface area contributed by atoms with Gasteiger partial charge in [-0.15, -0.1) is 0 Å². The fraction of sp³-hybridized carbons (Fsp3) is 0.450. The molecular formula is C20H24O2. The third kappa shape index (κ3) is 3.22. The van der Waals surface area contributed by atoms with Crippen LogP contribution in [0.4, 0.5) is 0 Å². The van der Waals surface area contributed by atoms with Gasteiger partial charge >= 0.3 is 0 Å². The molecule has 2 nitrogen and oxygen atoms in total. The molecule has 1 aliphatic rings. The summed E-state index contributed by atoms with van der Waals surface area (Å²) in [5, 5.41) is 2.30. The van der Waals surface area contributed by atoms with Crippen molar-refractivity contribution in [3.05, 3.63) is 48.0 Å². The summed E-state index contributed by atoms with van der Waals surface area (Å²) in [6.07, 6.45) is 5.86. The maximum absolute atomic E-state index is 12.8. The second kappa shape index (κ2) is 6.62. The lowest BCUT2D eigenvalue weighted by Crippen LogP contribution is -2.38. The Kier molecular flexibility index (Phi) is 4.58. The minimum absolute atomic E-state index is 0.209. The minimum Gasteiger partial charge on any atom is -0.375 e. The lowest BCUT2D eigenvalue weighted by molar-refractivity contribution is -0.0827. The molecule has 2 heteroatoms. The van der Waals surface area contributed by atoms with E-state index in [2.05, 4.69) is 19.1 Å². The molecule has 1 unspecified atom stereocenters. The second-order valence-corrected chi connectivity index (χ2v) is 6.40. The van der Waals surface area contributed by atoms with E-state index in [4.69, 9.17) is 4.74 Å². The molecule has 116 valence electrons. The number of Topliss-reactive ketones (excluding diaryl/α,β-unsaturated/α-hetero) is 1. The highest BCUT2D eigenvalue weighted by atomic mass is 16.5. The van der Waals surface area contributed by atoms with Crippen LogP contribution >= 0.6 is 0 Å². The van der Waals surface area contributed by atoms with Crippen molar-refractivity contribution >= 4 is 16.6 Å². The van der Waals surface area contributed by atoms with E-state index < -0.39 is 0 Å². The summed E-state index contributed by atoms with van der Waals surface area (Å²) >= 11 is 0. The van der Waals surface area contributed by atoms with Gasteiger partial charge in [0.1, 0.15) is 0 Å². The first kappa shape index (κ1) is 15.2. The number of rotatable bonds is 5. The number of carbonyl (C=O) groups excluding carboxylic acids is 1. The molecule has 0 N–H and O–H groups in total. The van der Waals surface area contributed by atoms with Crippen molar-refractivity contribution in [3.63, 3.8) is 0 Å². The predicted octanol–water partition coefficient (Wildman–Crippen LogP) is 5.15. The number of carbonyl (C=O) groups is 1. The van der Waals surface area contributed by atoms with E-state index >= 15 is 0 Å². The summed E-state index contributed by atoms with van der Waals surface area (Å²) in [6, 6.07) is 14.2. The predicted molar refractivity (Wildman–Crippen MR) is 90.3 cm³/mol. The minimum atomic E-state index is -0.226. The Balaban J connectivity index is 1.81. The summed E-state index contributed by atoms with van der Waals surface area (Å²) in [4.78, 5) is 12.8. The third-order valence-corrected chi connectivity index (χ3v) is 4.69. The summed E-state index contributed by atoms with van der Waals surface area (Å²) < 4.78 is 6.06. The topological polar surface area (TPSA) is 26.3 Å². The monoisotopic (exact) mass is 296 g/mol. The maximum Gasteiger partial charge on any atom is 0.165 e. The molecule has 22 heavy (non-hydrogen) atoms. The first-order chi connectivity index (χ1) is 10.7. The quantitative estimate of drug-likeness (QED) is 0.713. The van der Waals surface area contributed by atoms with Gasteiger partial charge in [0.25, 0.3) is 0 Å². The molecule has 1 aliphatic heterocycles. The first-order valence-corrected chi connectivity index (χ1v) is 8.38. The van der Waals surface area contributed by atoms with Gasteiger partial charge in [-0.05, 0) is 42.5 Å². The number of hydrogen-bond donors (Lipinski definition) is 0. The lowest BCUT2D eigenvalue weighted by atomic mass is 9.83. The Morgan fingerprint density at radius 2 is 1.95 bits per heavy atom. The van der Waals surface area contributed by atoms with Crippen LogP contribution in [0.5, 0.6) is 0 Å². The molecule has 1 fully saturated rings. The lowest BCUT2D eigenvalue weighted by Gasteiger charge is -2.37. The molecule has 0 bridgehead atoms. The van der Waals surface area contributed by atoms with Crippen molar-refractivity contribution in [2.75, 3.05) is 6.61 Å². The second-order valence-electron chi connectivity index (χ2n) is 6.40. The van der Waals surface area contributed by atoms with Gasteiger partial charge in [0.2, 0.25) is 0 Å². The Hall–Kier alpha value is -1.67. The van der Waals surface area contributed by atoms with Gasteiger partial charge in [-0.2, -0.15) is 0 Å². The highest BCUT2D eigenvalue weighted by Gasteiger charge is 2.34. The number of ether oxygens (including phenoxy) is 1. The standard InChI is InChI=1S/C20H24O2/c1-2-11-20(12-5-6-13-22-20)15-19(21)18-10-9-16-7-3-4-8-17(16)14-18/h3-4,7-10,14H,2,5-6,11-13,15H2,1H3. The van der Waals surface area contributed by atoms with Crippen molar-refractivity contribution in [1.29, 1.82) is 0 Å². The van der Waals surface area contributed by atoms with Crippen LogP contribution in [0.15, 0.2) is 42.5 Å². The van der Waals surface area contributed by atoms with E-state index in [-0.39, 0.29) is 11.4 Å². The van der Waals surface area contributed by atoms with Gasteiger partial charge in [0.05, 0.1) is 5.60 Å². The SMILES string of the molecule is CCCC1(CC(=O)c2ccc3ccccc3c2)CCCCO1. The van der Waals surface area contributed by atoms with Gasteiger partial charge in [-0.3, -0.25) is 4.79 Å². The van der Waals surface area contributed by atoms with Crippen LogP contribution in [0.2, 0.25) is 0 Å². The molecule has 0 saturated carbocycles. The molecule has 2 aromatic carbocycles. The van der Waals surface area contributed by atoms with E-state index in [1.165, 1.54) is 11.8 Å². The zero-order valence-corrected chi connectivity index (χ0v) is 13.3. The van der Waals surface area contributed by atoms with Crippen molar-refractivity contribution in [1.82, 2.24) is 0 Å². The number of fused-ring (bicyclic) bond motifs is 1. The molecule has 0 spiro atoms. The molecule has 1 atom stereocenters. The summed E-state index contributed by atoms with van der Waals surface area (Å²) in [6.45, 7) is 2.96. The molecule has 1 saturated heterocycles. The molecule has 0 aliphatic carbocycles. The highest BCUT2D eigenvalue weighted by Crippen LogP contribution is 2.34. The Morgan fingerprint density at radius 1 is 1.14 bits per heavy atom.